The molecule has 0 saturated heterocycles. The molecule has 21 heavy (non-hydrogen) atoms. The number of hydrogen-bond donors (Lipinski definition) is 2. The molecule has 0 amide bonds. The van der Waals surface area contributed by atoms with Gasteiger partial charge in [-0.15, -0.1) is 0 Å². The Labute approximate surface area is 122 Å². The van der Waals surface area contributed by atoms with Crippen LogP contribution in [-0.2, 0) is 11.2 Å². The number of aliphatic hydroxyl groups is 1. The number of carbonyl (C=O) groups excluding carboxylic acids is 1. The molecule has 0 unspecified atom stereocenters. The predicted octanol–water partition coefficient (Wildman–Crippen LogP) is 1.78. The highest BCUT2D eigenvalue weighted by molar-refractivity contribution is 5.96. The van der Waals surface area contributed by atoms with Gasteiger partial charge in [-0.05, 0) is 24.1 Å². The molecule has 2 aromatic rings. The third-order valence-corrected chi connectivity index (χ3v) is 2.92. The van der Waals surface area contributed by atoms with Crippen molar-refractivity contribution in [3.8, 4) is 11.6 Å². The number of nitrogens with two attached hydrogens (primary N) is 1. The Morgan fingerprint density at radius 1 is 1.33 bits per heavy atom. The van der Waals surface area contributed by atoms with E-state index in [1.807, 2.05) is 12.1 Å². The zero-order valence-corrected chi connectivity index (χ0v) is 11.6. The Morgan fingerprint density at radius 2 is 2.10 bits per heavy atom. The van der Waals surface area contributed by atoms with Gasteiger partial charge in [0.25, 0.3) is 0 Å². The normalized spacial score (nSPS) is 10.2. The van der Waals surface area contributed by atoms with Crippen LogP contribution in [0.4, 0.5) is 5.69 Å². The summed E-state index contributed by atoms with van der Waals surface area (Å²) in [5, 5.41) is 9.06. The van der Waals surface area contributed by atoms with Crippen molar-refractivity contribution in [3.63, 3.8) is 0 Å². The monoisotopic (exact) mass is 288 g/mol. The van der Waals surface area contributed by atoms with Gasteiger partial charge in [-0.3, -0.25) is 0 Å². The Hall–Kier alpha value is -2.60. The predicted molar refractivity (Wildman–Crippen MR) is 77.3 cm³/mol. The van der Waals surface area contributed by atoms with Crippen molar-refractivity contribution < 1.29 is 19.4 Å². The van der Waals surface area contributed by atoms with Crippen LogP contribution in [0.2, 0.25) is 0 Å². The number of pyridine rings is 1. The average Bonchev–Trinajstić information content (AvgIpc) is 2.51. The lowest BCUT2D eigenvalue weighted by Gasteiger charge is -2.12. The van der Waals surface area contributed by atoms with Crippen molar-refractivity contribution in [1.29, 1.82) is 0 Å². The number of para-hydroxylation sites is 1. The van der Waals surface area contributed by atoms with E-state index in [1.54, 1.807) is 12.1 Å². The maximum atomic E-state index is 11.6. The number of esters is 1. The minimum absolute atomic E-state index is 0.00544. The molecule has 110 valence electrons. The van der Waals surface area contributed by atoms with Crippen molar-refractivity contribution in [2.45, 2.75) is 6.42 Å². The van der Waals surface area contributed by atoms with Crippen molar-refractivity contribution >= 4 is 11.7 Å². The molecule has 0 fully saturated rings. The molecule has 0 aliphatic carbocycles. The minimum Gasteiger partial charge on any atom is -0.465 e. The van der Waals surface area contributed by atoms with E-state index >= 15 is 0 Å². The lowest BCUT2D eigenvalue weighted by atomic mass is 10.1. The molecule has 0 atom stereocenters. The van der Waals surface area contributed by atoms with E-state index < -0.39 is 5.97 Å². The van der Waals surface area contributed by atoms with Gasteiger partial charge in [-0.25, -0.2) is 9.78 Å². The highest BCUT2D eigenvalue weighted by Gasteiger charge is 2.16. The van der Waals surface area contributed by atoms with Crippen LogP contribution >= 0.6 is 0 Å². The van der Waals surface area contributed by atoms with E-state index in [-0.39, 0.29) is 23.7 Å². The van der Waals surface area contributed by atoms with E-state index in [0.717, 1.165) is 5.56 Å². The smallest absolute Gasteiger partial charge is 0.340 e. The van der Waals surface area contributed by atoms with Crippen LogP contribution in [0.15, 0.2) is 36.5 Å². The summed E-state index contributed by atoms with van der Waals surface area (Å²) in [5.41, 5.74) is 7.03. The number of rotatable bonds is 5. The van der Waals surface area contributed by atoms with Crippen LogP contribution in [0.5, 0.6) is 11.6 Å². The fourth-order valence-electron chi connectivity index (χ4n) is 1.86. The van der Waals surface area contributed by atoms with Gasteiger partial charge in [-0.1, -0.05) is 18.2 Å². The molecular formula is C15H16N2O4. The van der Waals surface area contributed by atoms with Gasteiger partial charge in [0, 0.05) is 12.8 Å². The first-order chi connectivity index (χ1) is 10.2. The first-order valence-corrected chi connectivity index (χ1v) is 6.36. The van der Waals surface area contributed by atoms with E-state index in [4.69, 9.17) is 15.6 Å². The molecule has 1 heterocycles. The van der Waals surface area contributed by atoms with Crippen LogP contribution in [0.3, 0.4) is 0 Å². The van der Waals surface area contributed by atoms with Gasteiger partial charge in [0.05, 0.1) is 12.7 Å². The molecule has 2 rings (SSSR count). The summed E-state index contributed by atoms with van der Waals surface area (Å²) >= 11 is 0. The molecule has 1 aromatic heterocycles. The third kappa shape index (κ3) is 3.29. The number of aliphatic hydroxyl groups excluding tert-OH is 1. The second kappa shape index (κ2) is 6.71. The number of ether oxygens (including phenoxy) is 2. The number of carbonyl (C=O) groups is 1. The Balaban J connectivity index is 2.34. The summed E-state index contributed by atoms with van der Waals surface area (Å²) in [6, 6.07) is 8.70. The molecule has 6 nitrogen and oxygen atoms in total. The molecule has 1 aromatic carbocycles. The molecule has 0 saturated carbocycles. The summed E-state index contributed by atoms with van der Waals surface area (Å²) in [5.74, 6) is 0.111. The number of anilines is 1. The highest BCUT2D eigenvalue weighted by Crippen LogP contribution is 2.30. The number of methoxy groups -OCH3 is 1. The van der Waals surface area contributed by atoms with Gasteiger partial charge < -0.3 is 20.3 Å². The summed E-state index contributed by atoms with van der Waals surface area (Å²) in [6.45, 7) is 0.00544. The summed E-state index contributed by atoms with van der Waals surface area (Å²) in [7, 11) is 1.28. The van der Waals surface area contributed by atoms with Crippen LogP contribution in [-0.4, -0.2) is 29.8 Å². The van der Waals surface area contributed by atoms with Gasteiger partial charge in [0.15, 0.2) is 0 Å². The third-order valence-electron chi connectivity index (χ3n) is 2.92. The van der Waals surface area contributed by atoms with Gasteiger partial charge >= 0.3 is 5.97 Å². The largest absolute Gasteiger partial charge is 0.465 e. The summed E-state index contributed by atoms with van der Waals surface area (Å²) in [6.07, 6.45) is 1.87. The van der Waals surface area contributed by atoms with E-state index in [9.17, 15) is 4.79 Å². The van der Waals surface area contributed by atoms with Crippen LogP contribution in [0.25, 0.3) is 0 Å². The number of aromatic nitrogens is 1. The van der Waals surface area contributed by atoms with Crippen molar-refractivity contribution in [2.24, 2.45) is 0 Å². The number of benzene rings is 1. The van der Waals surface area contributed by atoms with Gasteiger partial charge in [0.2, 0.25) is 5.88 Å². The van der Waals surface area contributed by atoms with Crippen molar-refractivity contribution in [3.05, 3.63) is 47.7 Å². The fourth-order valence-corrected chi connectivity index (χ4v) is 1.86. The summed E-state index contributed by atoms with van der Waals surface area (Å²) < 4.78 is 10.3. The lowest BCUT2D eigenvalue weighted by Crippen LogP contribution is -2.08. The lowest BCUT2D eigenvalue weighted by molar-refractivity contribution is 0.0601. The number of nitrogen functional groups attached to an aromatic ring is 1. The first kappa shape index (κ1) is 14.8. The zero-order valence-electron chi connectivity index (χ0n) is 11.6. The molecule has 0 aliphatic rings. The van der Waals surface area contributed by atoms with E-state index in [2.05, 4.69) is 9.72 Å². The molecule has 6 heteroatoms. The zero-order chi connectivity index (χ0) is 15.2. The van der Waals surface area contributed by atoms with E-state index in [0.29, 0.717) is 12.2 Å². The highest BCUT2D eigenvalue weighted by atomic mass is 16.5. The molecule has 0 spiro atoms. The van der Waals surface area contributed by atoms with Crippen LogP contribution in [0.1, 0.15) is 15.9 Å². The molecule has 0 bridgehead atoms. The average molecular weight is 288 g/mol. The Kier molecular flexibility index (Phi) is 4.73. The molecule has 0 radical (unpaired) electrons. The fraction of sp³-hybridized carbons (Fsp3) is 0.200. The minimum atomic E-state index is -0.552. The molecule has 0 aliphatic heterocycles. The first-order valence-electron chi connectivity index (χ1n) is 6.36. The molecule has 3 N–H and O–H groups in total. The summed E-state index contributed by atoms with van der Waals surface area (Å²) in [4.78, 5) is 15.6. The van der Waals surface area contributed by atoms with Gasteiger partial charge in [-0.2, -0.15) is 0 Å². The molecular weight excluding hydrogens is 272 g/mol. The standard InChI is InChI=1S/C15H16N2O4/c1-20-15(19)11-6-8-17-14(13(11)16)21-12-5-3-2-4-10(12)7-9-18/h2-6,8,18H,7,9,16H2,1H3. The topological polar surface area (TPSA) is 94.7 Å². The maximum absolute atomic E-state index is 11.6. The number of hydrogen-bond acceptors (Lipinski definition) is 6. The number of nitrogens with zero attached hydrogens (tertiary/aromatic N) is 1. The van der Waals surface area contributed by atoms with E-state index in [1.165, 1.54) is 19.4 Å². The second-order valence-corrected chi connectivity index (χ2v) is 4.25. The van der Waals surface area contributed by atoms with Crippen molar-refractivity contribution in [1.82, 2.24) is 4.98 Å². The SMILES string of the molecule is COC(=O)c1ccnc(Oc2ccccc2CCO)c1N. The van der Waals surface area contributed by atoms with Crippen molar-refractivity contribution in [2.75, 3.05) is 19.5 Å². The van der Waals surface area contributed by atoms with Crippen LogP contribution < -0.4 is 10.5 Å². The quantitative estimate of drug-likeness (QED) is 0.814. The second-order valence-electron chi connectivity index (χ2n) is 4.25. The maximum Gasteiger partial charge on any atom is 0.340 e. The Morgan fingerprint density at radius 3 is 2.81 bits per heavy atom. The Bertz CT molecular complexity index is 643. The van der Waals surface area contributed by atoms with Crippen LogP contribution in [0, 0.1) is 0 Å². The van der Waals surface area contributed by atoms with Gasteiger partial charge in [0.1, 0.15) is 11.4 Å².